The number of carbonyl (C=O) groups is 1. The van der Waals surface area contributed by atoms with E-state index in [-0.39, 0.29) is 11.8 Å². The Kier molecular flexibility index (Phi) is 5.50. The van der Waals surface area contributed by atoms with E-state index in [0.29, 0.717) is 19.0 Å². The Labute approximate surface area is 165 Å². The second-order valence-electron chi connectivity index (χ2n) is 7.47. The third kappa shape index (κ3) is 4.30. The average Bonchev–Trinajstić information content (AvgIpc) is 3.15. The molecule has 0 bridgehead atoms. The molecule has 0 saturated carbocycles. The van der Waals surface area contributed by atoms with Gasteiger partial charge in [0, 0.05) is 50.5 Å². The predicted molar refractivity (Wildman–Crippen MR) is 110 cm³/mol. The number of hydrogen-bond acceptors (Lipinski definition) is 4. The molecule has 1 aliphatic heterocycles. The highest BCUT2D eigenvalue weighted by molar-refractivity contribution is 5.88. The highest BCUT2D eigenvalue weighted by Gasteiger charge is 2.22. The monoisotopic (exact) mass is 381 g/mol. The largest absolute Gasteiger partial charge is 0.508 e. The fraction of sp³-hybridized carbons (Fsp3) is 0.429. The van der Waals surface area contributed by atoms with Gasteiger partial charge in [0.25, 0.3) is 0 Å². The van der Waals surface area contributed by atoms with Crippen LogP contribution in [-0.4, -0.2) is 52.0 Å². The number of piperazine rings is 1. The second-order valence-corrected chi connectivity index (χ2v) is 7.47. The van der Waals surface area contributed by atoms with Crippen molar-refractivity contribution in [2.45, 2.75) is 25.8 Å². The Morgan fingerprint density at radius 2 is 2.04 bits per heavy atom. The number of aromatic hydroxyl groups is 1. The van der Waals surface area contributed by atoms with Gasteiger partial charge in [-0.15, -0.1) is 0 Å². The van der Waals surface area contributed by atoms with E-state index in [1.165, 1.54) is 6.42 Å². The molecule has 7 heteroatoms. The number of nitrogens with zero attached hydrogens (tertiary/aromatic N) is 4. The van der Waals surface area contributed by atoms with Crippen LogP contribution in [0.25, 0.3) is 0 Å². The van der Waals surface area contributed by atoms with Crippen molar-refractivity contribution < 1.29 is 9.90 Å². The van der Waals surface area contributed by atoms with Crippen LogP contribution in [0.5, 0.6) is 5.75 Å². The van der Waals surface area contributed by atoms with Crippen molar-refractivity contribution in [3.8, 4) is 5.75 Å². The molecule has 1 fully saturated rings. The van der Waals surface area contributed by atoms with Gasteiger partial charge < -0.3 is 14.9 Å². The maximum atomic E-state index is 12.7. The van der Waals surface area contributed by atoms with Crippen LogP contribution in [-0.2, 0) is 6.54 Å². The summed E-state index contributed by atoms with van der Waals surface area (Å²) in [6, 6.07) is 9.02. The van der Waals surface area contributed by atoms with Crippen LogP contribution in [0.15, 0.2) is 48.7 Å². The minimum Gasteiger partial charge on any atom is -0.508 e. The molecule has 2 amide bonds. The summed E-state index contributed by atoms with van der Waals surface area (Å²) in [5, 5.41) is 17.1. The molecular formula is C21H27N5O2. The fourth-order valence-corrected chi connectivity index (χ4v) is 3.90. The molecule has 7 nitrogen and oxygen atoms in total. The Morgan fingerprint density at radius 3 is 2.79 bits per heavy atom. The van der Waals surface area contributed by atoms with E-state index in [2.05, 4.69) is 27.5 Å². The van der Waals surface area contributed by atoms with E-state index in [9.17, 15) is 9.90 Å². The van der Waals surface area contributed by atoms with Gasteiger partial charge in [-0.1, -0.05) is 18.2 Å². The van der Waals surface area contributed by atoms with E-state index in [1.807, 2.05) is 27.8 Å². The first-order valence-corrected chi connectivity index (χ1v) is 9.96. The summed E-state index contributed by atoms with van der Waals surface area (Å²) in [7, 11) is 0. The van der Waals surface area contributed by atoms with Gasteiger partial charge in [0.15, 0.2) is 0 Å². The number of hydrogen-bond donors (Lipinski definition) is 2. The summed E-state index contributed by atoms with van der Waals surface area (Å²) in [5.74, 6) is 1.60. The number of aromatic nitrogens is 2. The number of phenolic OH excluding ortho intramolecular Hbond substituents is 1. The number of urea groups is 1. The van der Waals surface area contributed by atoms with Crippen LogP contribution in [0.1, 0.15) is 19.3 Å². The first-order chi connectivity index (χ1) is 13.7. The first-order valence-electron chi connectivity index (χ1n) is 9.96. The molecular weight excluding hydrogens is 354 g/mol. The lowest BCUT2D eigenvalue weighted by atomic mass is 9.94. The number of nitrogens with one attached hydrogen (secondary N) is 1. The standard InChI is InChI=1S/C21H27N5O2/c27-19-8-4-7-18(15-19)24-11-13-25(14-12-24)21(28)23-20-9-10-22-26(20)16-17-5-2-1-3-6-17/h1-2,4,7-10,15,17,27H,3,5-6,11-14,16H2,(H,23,28). The van der Waals surface area contributed by atoms with Crippen molar-refractivity contribution in [2.24, 2.45) is 5.92 Å². The summed E-state index contributed by atoms with van der Waals surface area (Å²) in [5.41, 5.74) is 0.986. The number of benzene rings is 1. The lowest BCUT2D eigenvalue weighted by molar-refractivity contribution is 0.208. The summed E-state index contributed by atoms with van der Waals surface area (Å²) in [6.07, 6.45) is 9.58. The van der Waals surface area contributed by atoms with Gasteiger partial charge in [-0.2, -0.15) is 5.10 Å². The molecule has 1 saturated heterocycles. The summed E-state index contributed by atoms with van der Waals surface area (Å²) in [6.45, 7) is 3.60. The number of anilines is 2. The van der Waals surface area contributed by atoms with Gasteiger partial charge in [-0.3, -0.25) is 5.32 Å². The molecule has 0 radical (unpaired) electrons. The molecule has 0 spiro atoms. The maximum absolute atomic E-state index is 12.7. The number of phenols is 1. The number of allylic oxidation sites excluding steroid dienone is 2. The minimum atomic E-state index is -0.0825. The molecule has 2 N–H and O–H groups in total. The van der Waals surface area contributed by atoms with Crippen molar-refractivity contribution in [1.29, 1.82) is 0 Å². The third-order valence-electron chi connectivity index (χ3n) is 5.52. The Morgan fingerprint density at radius 1 is 1.18 bits per heavy atom. The van der Waals surface area contributed by atoms with Crippen LogP contribution >= 0.6 is 0 Å². The molecule has 2 aliphatic rings. The normalized spacial score (nSPS) is 19.6. The smallest absolute Gasteiger partial charge is 0.323 e. The van der Waals surface area contributed by atoms with Crippen LogP contribution < -0.4 is 10.2 Å². The molecule has 1 aromatic heterocycles. The third-order valence-corrected chi connectivity index (χ3v) is 5.52. The Hall–Kier alpha value is -2.96. The van der Waals surface area contributed by atoms with Gasteiger partial charge in [-0.25, -0.2) is 9.48 Å². The Bertz CT molecular complexity index is 839. The van der Waals surface area contributed by atoms with Crippen LogP contribution in [0.3, 0.4) is 0 Å². The topological polar surface area (TPSA) is 73.6 Å². The SMILES string of the molecule is O=C(Nc1ccnn1CC1CC=CCC1)N1CCN(c2cccc(O)c2)CC1. The van der Waals surface area contributed by atoms with Crippen molar-refractivity contribution in [2.75, 3.05) is 36.4 Å². The molecule has 2 aromatic rings. The number of amides is 2. The summed E-state index contributed by atoms with van der Waals surface area (Å²) >= 11 is 0. The lowest BCUT2D eigenvalue weighted by Gasteiger charge is -2.36. The van der Waals surface area contributed by atoms with Crippen LogP contribution in [0, 0.1) is 5.92 Å². The average molecular weight is 381 g/mol. The maximum Gasteiger partial charge on any atom is 0.323 e. The molecule has 28 heavy (non-hydrogen) atoms. The quantitative estimate of drug-likeness (QED) is 0.797. The van der Waals surface area contributed by atoms with Crippen molar-refractivity contribution >= 4 is 17.5 Å². The van der Waals surface area contributed by atoms with Crippen LogP contribution in [0.4, 0.5) is 16.3 Å². The summed E-state index contributed by atoms with van der Waals surface area (Å²) < 4.78 is 1.91. The van der Waals surface area contributed by atoms with Crippen molar-refractivity contribution in [3.05, 3.63) is 48.7 Å². The molecule has 1 aliphatic carbocycles. The fourth-order valence-electron chi connectivity index (χ4n) is 3.90. The number of carbonyl (C=O) groups excluding carboxylic acids is 1. The van der Waals surface area contributed by atoms with E-state index in [4.69, 9.17) is 0 Å². The molecule has 1 aromatic carbocycles. The number of rotatable bonds is 4. The van der Waals surface area contributed by atoms with Gasteiger partial charge >= 0.3 is 6.03 Å². The molecule has 1 unspecified atom stereocenters. The molecule has 2 heterocycles. The predicted octanol–water partition coefficient (Wildman–Crippen LogP) is 3.30. The highest BCUT2D eigenvalue weighted by atomic mass is 16.3. The molecule has 148 valence electrons. The van der Waals surface area contributed by atoms with Crippen LogP contribution in [0.2, 0.25) is 0 Å². The van der Waals surface area contributed by atoms with E-state index in [0.717, 1.165) is 44.0 Å². The minimum absolute atomic E-state index is 0.0825. The zero-order valence-electron chi connectivity index (χ0n) is 16.0. The van der Waals surface area contributed by atoms with E-state index in [1.54, 1.807) is 18.3 Å². The highest BCUT2D eigenvalue weighted by Crippen LogP contribution is 2.23. The van der Waals surface area contributed by atoms with Gasteiger partial charge in [-0.05, 0) is 37.3 Å². The van der Waals surface area contributed by atoms with Gasteiger partial charge in [0.1, 0.15) is 11.6 Å². The van der Waals surface area contributed by atoms with Gasteiger partial charge in [0.2, 0.25) is 0 Å². The Balaban J connectivity index is 1.31. The lowest BCUT2D eigenvalue weighted by Crippen LogP contribution is -2.50. The zero-order valence-corrected chi connectivity index (χ0v) is 16.0. The van der Waals surface area contributed by atoms with Gasteiger partial charge in [0.05, 0.1) is 6.20 Å². The van der Waals surface area contributed by atoms with Crippen molar-refractivity contribution in [1.82, 2.24) is 14.7 Å². The summed E-state index contributed by atoms with van der Waals surface area (Å²) in [4.78, 5) is 16.7. The molecule has 1 atom stereocenters. The van der Waals surface area contributed by atoms with E-state index >= 15 is 0 Å². The van der Waals surface area contributed by atoms with Crippen molar-refractivity contribution in [3.63, 3.8) is 0 Å². The second kappa shape index (κ2) is 8.37. The molecule has 4 rings (SSSR count). The first kappa shape index (κ1) is 18.4. The zero-order chi connectivity index (χ0) is 19.3. The van der Waals surface area contributed by atoms with E-state index < -0.39 is 0 Å².